The van der Waals surface area contributed by atoms with Crippen LogP contribution in [0.25, 0.3) is 0 Å². The Morgan fingerprint density at radius 1 is 1.25 bits per heavy atom. The third-order valence-corrected chi connectivity index (χ3v) is 3.30. The summed E-state index contributed by atoms with van der Waals surface area (Å²) in [5.74, 6) is 0. The molecule has 0 bridgehead atoms. The van der Waals surface area contributed by atoms with E-state index in [9.17, 15) is 4.79 Å². The Labute approximate surface area is 120 Å². The van der Waals surface area contributed by atoms with Gasteiger partial charge in [-0.15, -0.1) is 0 Å². The number of carbonyl (C=O) groups is 1. The number of aromatic nitrogens is 2. The zero-order chi connectivity index (χ0) is 15.1. The topological polar surface area (TPSA) is 47.4 Å². The summed E-state index contributed by atoms with van der Waals surface area (Å²) >= 11 is 0. The molecule has 0 aromatic carbocycles. The second-order valence-electron chi connectivity index (χ2n) is 7.45. The van der Waals surface area contributed by atoms with E-state index in [2.05, 4.69) is 31.9 Å². The van der Waals surface area contributed by atoms with Gasteiger partial charge in [-0.1, -0.05) is 20.8 Å². The van der Waals surface area contributed by atoms with E-state index in [-0.39, 0.29) is 17.6 Å². The van der Waals surface area contributed by atoms with Crippen molar-refractivity contribution in [1.82, 2.24) is 14.7 Å². The van der Waals surface area contributed by atoms with Gasteiger partial charge in [-0.05, 0) is 26.8 Å². The summed E-state index contributed by atoms with van der Waals surface area (Å²) in [6, 6.07) is 2.31. The molecule has 1 aliphatic rings. The molecule has 1 fully saturated rings. The normalized spacial score (nSPS) is 17.0. The van der Waals surface area contributed by atoms with Gasteiger partial charge in [0.15, 0.2) is 0 Å². The summed E-state index contributed by atoms with van der Waals surface area (Å²) in [7, 11) is 0. The third kappa shape index (κ3) is 3.14. The predicted molar refractivity (Wildman–Crippen MR) is 77.8 cm³/mol. The first-order chi connectivity index (χ1) is 9.08. The molecule has 2 heterocycles. The predicted octanol–water partition coefficient (Wildman–Crippen LogP) is 2.97. The fraction of sp³-hybridized carbons (Fsp3) is 0.733. The Morgan fingerprint density at radius 3 is 2.35 bits per heavy atom. The van der Waals surface area contributed by atoms with Gasteiger partial charge in [0.05, 0.1) is 6.04 Å². The van der Waals surface area contributed by atoms with E-state index in [1.54, 1.807) is 4.90 Å². The number of rotatable bonds is 1. The molecule has 1 aromatic rings. The van der Waals surface area contributed by atoms with Gasteiger partial charge in [-0.25, -0.2) is 4.79 Å². The average Bonchev–Trinajstić information content (AvgIpc) is 2.59. The SMILES string of the molecule is CC(C)(C)OC(=O)N1CC(n2nccc2C(C)(C)C)C1. The molecule has 5 heteroatoms. The van der Waals surface area contributed by atoms with E-state index >= 15 is 0 Å². The quantitative estimate of drug-likeness (QED) is 0.794. The van der Waals surface area contributed by atoms with Crippen molar-refractivity contribution in [1.29, 1.82) is 0 Å². The Bertz CT molecular complexity index is 488. The molecule has 0 unspecified atom stereocenters. The minimum Gasteiger partial charge on any atom is -0.444 e. The van der Waals surface area contributed by atoms with Crippen molar-refractivity contribution in [3.8, 4) is 0 Å². The summed E-state index contributed by atoms with van der Waals surface area (Å²) in [5, 5.41) is 4.41. The summed E-state index contributed by atoms with van der Waals surface area (Å²) in [5.41, 5.74) is 0.819. The van der Waals surface area contributed by atoms with Crippen LogP contribution in [0, 0.1) is 0 Å². The van der Waals surface area contributed by atoms with Crippen molar-refractivity contribution in [3.63, 3.8) is 0 Å². The van der Waals surface area contributed by atoms with Gasteiger partial charge < -0.3 is 9.64 Å². The van der Waals surface area contributed by atoms with Crippen LogP contribution in [-0.2, 0) is 10.2 Å². The van der Waals surface area contributed by atoms with Gasteiger partial charge in [-0.3, -0.25) is 4.68 Å². The molecule has 5 nitrogen and oxygen atoms in total. The van der Waals surface area contributed by atoms with Gasteiger partial charge in [0.25, 0.3) is 0 Å². The van der Waals surface area contributed by atoms with Crippen LogP contribution in [0.3, 0.4) is 0 Å². The van der Waals surface area contributed by atoms with Crippen LogP contribution in [0.5, 0.6) is 0 Å². The molecule has 2 rings (SSSR count). The first-order valence-corrected chi connectivity index (χ1v) is 7.10. The van der Waals surface area contributed by atoms with E-state index < -0.39 is 5.60 Å². The molecule has 0 spiro atoms. The maximum atomic E-state index is 11.9. The Hall–Kier alpha value is -1.52. The Balaban J connectivity index is 1.98. The molecule has 0 radical (unpaired) electrons. The fourth-order valence-electron chi connectivity index (χ4n) is 2.28. The number of ether oxygens (including phenoxy) is 1. The number of likely N-dealkylation sites (tertiary alicyclic amines) is 1. The smallest absolute Gasteiger partial charge is 0.410 e. The van der Waals surface area contributed by atoms with Crippen molar-refractivity contribution in [2.45, 2.75) is 58.6 Å². The summed E-state index contributed by atoms with van der Waals surface area (Å²) < 4.78 is 7.40. The van der Waals surface area contributed by atoms with Crippen LogP contribution >= 0.6 is 0 Å². The van der Waals surface area contributed by atoms with E-state index in [1.807, 2.05) is 31.6 Å². The molecule has 0 aliphatic carbocycles. The molecular formula is C15H25N3O2. The van der Waals surface area contributed by atoms with Crippen LogP contribution in [0.4, 0.5) is 4.79 Å². The highest BCUT2D eigenvalue weighted by Crippen LogP contribution is 2.29. The second-order valence-corrected chi connectivity index (χ2v) is 7.45. The van der Waals surface area contributed by atoms with Crippen molar-refractivity contribution in [3.05, 3.63) is 18.0 Å². The number of carbonyl (C=O) groups excluding carboxylic acids is 1. The third-order valence-electron chi connectivity index (χ3n) is 3.30. The van der Waals surface area contributed by atoms with Crippen LogP contribution < -0.4 is 0 Å². The second kappa shape index (κ2) is 4.79. The van der Waals surface area contributed by atoms with Crippen LogP contribution in [0.2, 0.25) is 0 Å². The van der Waals surface area contributed by atoms with E-state index in [4.69, 9.17) is 4.74 Å². The standard InChI is InChI=1S/C15H25N3O2/c1-14(2,3)12-7-8-16-18(12)11-9-17(10-11)13(19)20-15(4,5)6/h7-8,11H,9-10H2,1-6H3. The van der Waals surface area contributed by atoms with Gasteiger partial charge in [0.2, 0.25) is 0 Å². The lowest BCUT2D eigenvalue weighted by Gasteiger charge is -2.41. The molecule has 0 saturated carbocycles. The first-order valence-electron chi connectivity index (χ1n) is 7.10. The zero-order valence-electron chi connectivity index (χ0n) is 13.3. The van der Waals surface area contributed by atoms with Crippen molar-refractivity contribution < 1.29 is 9.53 Å². The zero-order valence-corrected chi connectivity index (χ0v) is 13.3. The molecule has 1 aliphatic heterocycles. The molecule has 1 amide bonds. The van der Waals surface area contributed by atoms with Crippen LogP contribution in [0.15, 0.2) is 12.3 Å². The van der Waals surface area contributed by atoms with Crippen molar-refractivity contribution in [2.75, 3.05) is 13.1 Å². The lowest BCUT2D eigenvalue weighted by Crippen LogP contribution is -2.53. The summed E-state index contributed by atoms with van der Waals surface area (Å²) in [4.78, 5) is 13.6. The molecule has 0 N–H and O–H groups in total. The minimum absolute atomic E-state index is 0.0584. The van der Waals surface area contributed by atoms with Gasteiger partial charge >= 0.3 is 6.09 Å². The van der Waals surface area contributed by atoms with E-state index in [1.165, 1.54) is 5.69 Å². The highest BCUT2D eigenvalue weighted by atomic mass is 16.6. The molecule has 1 saturated heterocycles. The minimum atomic E-state index is -0.440. The van der Waals surface area contributed by atoms with E-state index in [0.717, 1.165) is 0 Å². The lowest BCUT2D eigenvalue weighted by molar-refractivity contribution is -0.00103. The van der Waals surface area contributed by atoms with Crippen LogP contribution in [0.1, 0.15) is 53.3 Å². The monoisotopic (exact) mass is 279 g/mol. The molecule has 1 aromatic heterocycles. The van der Waals surface area contributed by atoms with Crippen molar-refractivity contribution >= 4 is 6.09 Å². The molecule has 0 atom stereocenters. The highest BCUT2D eigenvalue weighted by Gasteiger charge is 2.37. The number of hydrogen-bond donors (Lipinski definition) is 0. The van der Waals surface area contributed by atoms with Crippen molar-refractivity contribution in [2.24, 2.45) is 0 Å². The number of hydrogen-bond acceptors (Lipinski definition) is 3. The Kier molecular flexibility index (Phi) is 3.56. The highest BCUT2D eigenvalue weighted by molar-refractivity contribution is 5.69. The van der Waals surface area contributed by atoms with Gasteiger partial charge in [-0.2, -0.15) is 5.10 Å². The van der Waals surface area contributed by atoms with E-state index in [0.29, 0.717) is 13.1 Å². The molecular weight excluding hydrogens is 254 g/mol. The molecule has 20 heavy (non-hydrogen) atoms. The molecule has 112 valence electrons. The fourth-order valence-corrected chi connectivity index (χ4v) is 2.28. The Morgan fingerprint density at radius 2 is 1.85 bits per heavy atom. The van der Waals surface area contributed by atoms with Gasteiger partial charge in [0, 0.05) is 30.4 Å². The summed E-state index contributed by atoms with van der Waals surface area (Å²) in [6.07, 6.45) is 1.59. The number of nitrogens with zero attached hydrogens (tertiary/aromatic N) is 3. The maximum absolute atomic E-state index is 11.9. The maximum Gasteiger partial charge on any atom is 0.410 e. The first kappa shape index (κ1) is 14.9. The largest absolute Gasteiger partial charge is 0.444 e. The lowest BCUT2D eigenvalue weighted by atomic mass is 9.91. The number of amides is 1. The van der Waals surface area contributed by atoms with Crippen LogP contribution in [-0.4, -0.2) is 39.5 Å². The summed E-state index contributed by atoms with van der Waals surface area (Å²) in [6.45, 7) is 13.5. The average molecular weight is 279 g/mol. The van der Waals surface area contributed by atoms with Gasteiger partial charge in [0.1, 0.15) is 5.60 Å².